The number of aromatic nitrogens is 3. The summed E-state index contributed by atoms with van der Waals surface area (Å²) in [5.41, 5.74) is 0. The van der Waals surface area contributed by atoms with Crippen molar-refractivity contribution in [3.63, 3.8) is 0 Å². The van der Waals surface area contributed by atoms with E-state index in [2.05, 4.69) is 19.7 Å². The molecule has 3 rings (SSSR count). The molecule has 0 bridgehead atoms. The fourth-order valence-electron chi connectivity index (χ4n) is 2.53. The second kappa shape index (κ2) is 6.91. The van der Waals surface area contributed by atoms with E-state index in [0.717, 1.165) is 0 Å². The number of sulfonamides is 1. The van der Waals surface area contributed by atoms with Gasteiger partial charge < -0.3 is 4.90 Å². The summed E-state index contributed by atoms with van der Waals surface area (Å²) in [6.45, 7) is 2.70. The zero-order chi connectivity index (χ0) is 17.2. The Balaban J connectivity index is 1.71. The molecule has 3 heterocycles. The zero-order valence-corrected chi connectivity index (χ0v) is 14.7. The first-order valence-corrected chi connectivity index (χ1v) is 9.88. The SMILES string of the molecule is CCNS(=O)(=O)C1CCN(C(=O)c2cnc(-c3ncccn3)s2)C1. The van der Waals surface area contributed by atoms with Crippen molar-refractivity contribution >= 4 is 27.3 Å². The van der Waals surface area contributed by atoms with Crippen molar-refractivity contribution in [1.82, 2.24) is 24.6 Å². The maximum Gasteiger partial charge on any atom is 0.265 e. The van der Waals surface area contributed by atoms with Crippen LogP contribution in [-0.2, 0) is 10.0 Å². The number of amides is 1. The van der Waals surface area contributed by atoms with Crippen LogP contribution in [0.15, 0.2) is 24.7 Å². The van der Waals surface area contributed by atoms with Gasteiger partial charge in [-0.3, -0.25) is 4.79 Å². The number of likely N-dealkylation sites (tertiary alicyclic amines) is 1. The van der Waals surface area contributed by atoms with E-state index in [4.69, 9.17) is 0 Å². The van der Waals surface area contributed by atoms with E-state index in [-0.39, 0.29) is 12.5 Å². The lowest BCUT2D eigenvalue weighted by atomic mass is 10.4. The van der Waals surface area contributed by atoms with Gasteiger partial charge in [0.2, 0.25) is 10.0 Å². The molecule has 1 saturated heterocycles. The molecule has 1 atom stereocenters. The third-order valence-corrected chi connectivity index (χ3v) is 6.62. The Hall–Kier alpha value is -1.91. The molecule has 24 heavy (non-hydrogen) atoms. The van der Waals surface area contributed by atoms with E-state index < -0.39 is 15.3 Å². The highest BCUT2D eigenvalue weighted by atomic mass is 32.2. The number of nitrogens with one attached hydrogen (secondary N) is 1. The lowest BCUT2D eigenvalue weighted by molar-refractivity contribution is 0.0797. The van der Waals surface area contributed by atoms with Gasteiger partial charge in [-0.1, -0.05) is 6.92 Å². The highest BCUT2D eigenvalue weighted by Crippen LogP contribution is 2.25. The van der Waals surface area contributed by atoms with Crippen LogP contribution in [0.3, 0.4) is 0 Å². The largest absolute Gasteiger partial charge is 0.336 e. The van der Waals surface area contributed by atoms with Gasteiger partial charge in [-0.05, 0) is 12.5 Å². The summed E-state index contributed by atoms with van der Waals surface area (Å²) in [5.74, 6) is 0.263. The van der Waals surface area contributed by atoms with Crippen LogP contribution in [0, 0.1) is 0 Å². The van der Waals surface area contributed by atoms with Crippen LogP contribution in [0.5, 0.6) is 0 Å². The fraction of sp³-hybridized carbons (Fsp3) is 0.429. The topological polar surface area (TPSA) is 105 Å². The average molecular weight is 367 g/mol. The second-order valence-electron chi connectivity index (χ2n) is 5.31. The first-order chi connectivity index (χ1) is 11.5. The monoisotopic (exact) mass is 367 g/mol. The third kappa shape index (κ3) is 3.45. The second-order valence-corrected chi connectivity index (χ2v) is 8.38. The number of carbonyl (C=O) groups excluding carboxylic acids is 1. The normalized spacial score (nSPS) is 18.0. The molecule has 1 N–H and O–H groups in total. The summed E-state index contributed by atoms with van der Waals surface area (Å²) in [5, 5.41) is 0.00113. The van der Waals surface area contributed by atoms with Crippen LogP contribution >= 0.6 is 11.3 Å². The van der Waals surface area contributed by atoms with Crippen LogP contribution in [0.4, 0.5) is 0 Å². The maximum absolute atomic E-state index is 12.6. The summed E-state index contributed by atoms with van der Waals surface area (Å²) >= 11 is 1.21. The molecule has 1 aliphatic rings. The first kappa shape index (κ1) is 16.9. The molecule has 2 aromatic rings. The molecule has 128 valence electrons. The molecule has 0 saturated carbocycles. The highest BCUT2D eigenvalue weighted by molar-refractivity contribution is 7.90. The molecule has 0 aromatic carbocycles. The molecule has 1 fully saturated rings. The molecular weight excluding hydrogens is 350 g/mol. The van der Waals surface area contributed by atoms with Crippen LogP contribution in [0.25, 0.3) is 10.8 Å². The van der Waals surface area contributed by atoms with E-state index in [0.29, 0.717) is 35.2 Å². The van der Waals surface area contributed by atoms with Crippen LogP contribution in [0.1, 0.15) is 23.0 Å². The van der Waals surface area contributed by atoms with E-state index in [9.17, 15) is 13.2 Å². The quantitative estimate of drug-likeness (QED) is 0.836. The Morgan fingerprint density at radius 3 is 2.83 bits per heavy atom. The molecule has 10 heteroatoms. The third-order valence-electron chi connectivity index (χ3n) is 3.69. The molecule has 1 amide bonds. The molecule has 2 aromatic heterocycles. The number of carbonyl (C=O) groups is 1. The van der Waals surface area contributed by atoms with Gasteiger partial charge in [-0.15, -0.1) is 11.3 Å². The van der Waals surface area contributed by atoms with Gasteiger partial charge >= 0.3 is 0 Å². The van der Waals surface area contributed by atoms with Gasteiger partial charge in [0.1, 0.15) is 4.88 Å². The van der Waals surface area contributed by atoms with Crippen molar-refractivity contribution < 1.29 is 13.2 Å². The molecule has 0 aliphatic carbocycles. The summed E-state index contributed by atoms with van der Waals surface area (Å²) in [6.07, 6.45) is 5.16. The first-order valence-electron chi connectivity index (χ1n) is 7.52. The Bertz CT molecular complexity index is 822. The summed E-state index contributed by atoms with van der Waals surface area (Å²) in [6, 6.07) is 1.71. The van der Waals surface area contributed by atoms with Gasteiger partial charge in [0.25, 0.3) is 5.91 Å². The van der Waals surface area contributed by atoms with Gasteiger partial charge in [-0.25, -0.2) is 28.1 Å². The zero-order valence-electron chi connectivity index (χ0n) is 13.0. The minimum Gasteiger partial charge on any atom is -0.336 e. The standard InChI is InChI=1S/C14H17N5O3S2/c1-2-18-24(21,22)10-4-7-19(9-10)14(20)11-8-17-13(23-11)12-15-5-3-6-16-12/h3,5-6,8,10,18H,2,4,7,9H2,1H3. The molecule has 1 unspecified atom stereocenters. The van der Waals surface area contributed by atoms with E-state index in [1.54, 1.807) is 30.3 Å². The van der Waals surface area contributed by atoms with Crippen LogP contribution < -0.4 is 4.72 Å². The molecule has 8 nitrogen and oxygen atoms in total. The van der Waals surface area contributed by atoms with Crippen molar-refractivity contribution in [3.8, 4) is 10.8 Å². The van der Waals surface area contributed by atoms with Crippen molar-refractivity contribution in [2.45, 2.75) is 18.6 Å². The van der Waals surface area contributed by atoms with Crippen molar-refractivity contribution in [3.05, 3.63) is 29.5 Å². The maximum atomic E-state index is 12.6. The number of rotatable bonds is 5. The van der Waals surface area contributed by atoms with Gasteiger partial charge in [0.05, 0.1) is 11.4 Å². The summed E-state index contributed by atoms with van der Waals surface area (Å²) in [4.78, 5) is 27.0. The van der Waals surface area contributed by atoms with E-state index in [1.165, 1.54) is 17.5 Å². The molecule has 0 spiro atoms. The number of hydrogen-bond donors (Lipinski definition) is 1. The predicted octanol–water partition coefficient (Wildman–Crippen LogP) is 0.754. The molecule has 0 radical (unpaired) electrons. The van der Waals surface area contributed by atoms with Gasteiger partial charge in [-0.2, -0.15) is 0 Å². The number of hydrogen-bond acceptors (Lipinski definition) is 7. The Morgan fingerprint density at radius 2 is 2.12 bits per heavy atom. The highest BCUT2D eigenvalue weighted by Gasteiger charge is 2.35. The number of thiazole rings is 1. The van der Waals surface area contributed by atoms with Gasteiger partial charge in [0.15, 0.2) is 10.8 Å². The lowest BCUT2D eigenvalue weighted by Gasteiger charge is -2.15. The average Bonchev–Trinajstić information content (AvgIpc) is 3.25. The Labute approximate surface area is 144 Å². The van der Waals surface area contributed by atoms with Crippen molar-refractivity contribution in [2.24, 2.45) is 0 Å². The minimum absolute atomic E-state index is 0.198. The summed E-state index contributed by atoms with van der Waals surface area (Å²) in [7, 11) is -3.37. The number of nitrogens with zero attached hydrogens (tertiary/aromatic N) is 4. The Morgan fingerprint density at radius 1 is 1.38 bits per heavy atom. The predicted molar refractivity (Wildman–Crippen MR) is 90.0 cm³/mol. The van der Waals surface area contributed by atoms with Crippen LogP contribution in [-0.4, -0.2) is 59.1 Å². The molecule has 1 aliphatic heterocycles. The van der Waals surface area contributed by atoms with Crippen LogP contribution in [0.2, 0.25) is 0 Å². The Kier molecular flexibility index (Phi) is 4.88. The molecular formula is C14H17N5O3S2. The fourth-order valence-corrected chi connectivity index (χ4v) is 4.79. The van der Waals surface area contributed by atoms with Gasteiger partial charge in [0, 0.05) is 32.0 Å². The van der Waals surface area contributed by atoms with E-state index in [1.807, 2.05) is 0 Å². The lowest BCUT2D eigenvalue weighted by Crippen LogP contribution is -2.37. The minimum atomic E-state index is -3.37. The van der Waals surface area contributed by atoms with E-state index >= 15 is 0 Å². The van der Waals surface area contributed by atoms with Crippen molar-refractivity contribution in [1.29, 1.82) is 0 Å². The van der Waals surface area contributed by atoms with Crippen molar-refractivity contribution in [2.75, 3.05) is 19.6 Å². The smallest absolute Gasteiger partial charge is 0.265 e. The summed E-state index contributed by atoms with van der Waals surface area (Å²) < 4.78 is 26.6.